The van der Waals surface area contributed by atoms with Gasteiger partial charge in [-0.05, 0) is 23.8 Å². The van der Waals surface area contributed by atoms with E-state index in [2.05, 4.69) is 36.5 Å². The second kappa shape index (κ2) is 6.18. The number of nitrogens with one attached hydrogen (secondary N) is 1. The van der Waals surface area contributed by atoms with Crippen LogP contribution in [0.3, 0.4) is 0 Å². The Kier molecular flexibility index (Phi) is 4.57. The van der Waals surface area contributed by atoms with Gasteiger partial charge in [0.2, 0.25) is 0 Å². The van der Waals surface area contributed by atoms with E-state index in [9.17, 15) is 0 Å². The fraction of sp³-hybridized carbons (Fsp3) is 0.600. The lowest BCUT2D eigenvalue weighted by atomic mass is 9.75. The summed E-state index contributed by atoms with van der Waals surface area (Å²) in [6, 6.07) is 10.4. The first-order valence-electron chi connectivity index (χ1n) is 6.67. The van der Waals surface area contributed by atoms with Crippen LogP contribution < -0.4 is 5.32 Å². The normalized spacial score (nSPS) is 17.7. The maximum Gasteiger partial charge on any atom is 0.0716 e. The Labute approximate surface area is 104 Å². The average Bonchev–Trinajstić information content (AvgIpc) is 2.32. The molecule has 2 heteroatoms. The van der Waals surface area contributed by atoms with Gasteiger partial charge < -0.3 is 10.1 Å². The van der Waals surface area contributed by atoms with Gasteiger partial charge >= 0.3 is 0 Å². The highest BCUT2D eigenvalue weighted by Crippen LogP contribution is 2.32. The van der Waals surface area contributed by atoms with Gasteiger partial charge in [0.15, 0.2) is 0 Å². The van der Waals surface area contributed by atoms with E-state index in [1.165, 1.54) is 37.9 Å². The summed E-state index contributed by atoms with van der Waals surface area (Å²) in [7, 11) is 0. The highest BCUT2D eigenvalue weighted by Gasteiger charge is 2.35. The molecule has 0 aliphatic carbocycles. The predicted molar refractivity (Wildman–Crippen MR) is 70.9 cm³/mol. The van der Waals surface area contributed by atoms with Gasteiger partial charge in [-0.3, -0.25) is 0 Å². The number of hydrogen-bond acceptors (Lipinski definition) is 2. The Hall–Kier alpha value is -0.860. The third-order valence-electron chi connectivity index (χ3n) is 3.67. The molecule has 0 saturated carbocycles. The van der Waals surface area contributed by atoms with Gasteiger partial charge in [0.25, 0.3) is 0 Å². The molecule has 1 heterocycles. The highest BCUT2D eigenvalue weighted by atomic mass is 16.5. The molecule has 1 aromatic rings. The number of hydrogen-bond donors (Lipinski definition) is 1. The zero-order valence-electron chi connectivity index (χ0n) is 10.7. The van der Waals surface area contributed by atoms with E-state index in [1.54, 1.807) is 0 Å². The molecule has 1 saturated heterocycles. The van der Waals surface area contributed by atoms with Gasteiger partial charge in [-0.1, -0.05) is 43.7 Å². The van der Waals surface area contributed by atoms with Crippen molar-refractivity contribution in [3.8, 4) is 0 Å². The first-order valence-corrected chi connectivity index (χ1v) is 6.67. The Morgan fingerprint density at radius 2 is 1.94 bits per heavy atom. The SMILES string of the molecule is CCCC1(CCOCc2ccccc2)CNC1. The summed E-state index contributed by atoms with van der Waals surface area (Å²) in [6.45, 7) is 6.25. The van der Waals surface area contributed by atoms with Crippen LogP contribution >= 0.6 is 0 Å². The van der Waals surface area contributed by atoms with Crippen molar-refractivity contribution in [3.63, 3.8) is 0 Å². The predicted octanol–water partition coefficient (Wildman–Crippen LogP) is 2.98. The molecular formula is C15H23NO. The van der Waals surface area contributed by atoms with Gasteiger partial charge in [0, 0.05) is 19.7 Å². The molecule has 17 heavy (non-hydrogen) atoms. The zero-order chi connectivity index (χ0) is 12.0. The Morgan fingerprint density at radius 3 is 2.53 bits per heavy atom. The van der Waals surface area contributed by atoms with Crippen LogP contribution in [0.1, 0.15) is 31.7 Å². The van der Waals surface area contributed by atoms with Crippen LogP contribution in [0.15, 0.2) is 30.3 Å². The van der Waals surface area contributed by atoms with Crippen molar-refractivity contribution in [2.75, 3.05) is 19.7 Å². The fourth-order valence-electron chi connectivity index (χ4n) is 2.54. The summed E-state index contributed by atoms with van der Waals surface area (Å²) < 4.78 is 5.77. The Balaban J connectivity index is 1.66. The van der Waals surface area contributed by atoms with Crippen molar-refractivity contribution in [3.05, 3.63) is 35.9 Å². The molecule has 0 amide bonds. The minimum atomic E-state index is 0.533. The summed E-state index contributed by atoms with van der Waals surface area (Å²) in [6.07, 6.45) is 3.80. The van der Waals surface area contributed by atoms with Crippen molar-refractivity contribution < 1.29 is 4.74 Å². The van der Waals surface area contributed by atoms with Crippen LogP contribution in [0, 0.1) is 5.41 Å². The molecule has 0 spiro atoms. The molecule has 1 aromatic carbocycles. The van der Waals surface area contributed by atoms with E-state index >= 15 is 0 Å². The van der Waals surface area contributed by atoms with Crippen molar-refractivity contribution in [2.45, 2.75) is 32.8 Å². The molecule has 1 N–H and O–H groups in total. The first-order chi connectivity index (χ1) is 8.35. The molecule has 0 unspecified atom stereocenters. The number of benzene rings is 1. The minimum absolute atomic E-state index is 0.533. The number of rotatable bonds is 7. The van der Waals surface area contributed by atoms with E-state index in [0.717, 1.165) is 13.2 Å². The fourth-order valence-corrected chi connectivity index (χ4v) is 2.54. The molecule has 1 aliphatic heterocycles. The van der Waals surface area contributed by atoms with Crippen LogP contribution in [0.4, 0.5) is 0 Å². The molecule has 2 rings (SSSR count). The third-order valence-corrected chi connectivity index (χ3v) is 3.67. The van der Waals surface area contributed by atoms with E-state index in [4.69, 9.17) is 4.74 Å². The largest absolute Gasteiger partial charge is 0.377 e. The molecular weight excluding hydrogens is 210 g/mol. The first kappa shape index (κ1) is 12.6. The molecule has 1 aliphatic rings. The molecule has 0 bridgehead atoms. The lowest BCUT2D eigenvalue weighted by molar-refractivity contribution is 0.0520. The van der Waals surface area contributed by atoms with Gasteiger partial charge in [0.1, 0.15) is 0 Å². The number of ether oxygens (including phenoxy) is 1. The van der Waals surface area contributed by atoms with Crippen LogP contribution in [0.25, 0.3) is 0 Å². The second-order valence-electron chi connectivity index (χ2n) is 5.14. The van der Waals surface area contributed by atoms with E-state index in [1.807, 2.05) is 6.07 Å². The van der Waals surface area contributed by atoms with Gasteiger partial charge in [-0.25, -0.2) is 0 Å². The van der Waals surface area contributed by atoms with Crippen molar-refractivity contribution >= 4 is 0 Å². The second-order valence-corrected chi connectivity index (χ2v) is 5.14. The van der Waals surface area contributed by atoms with E-state index in [0.29, 0.717) is 5.41 Å². The average molecular weight is 233 g/mol. The highest BCUT2D eigenvalue weighted by molar-refractivity contribution is 5.13. The van der Waals surface area contributed by atoms with E-state index < -0.39 is 0 Å². The van der Waals surface area contributed by atoms with Crippen LogP contribution in [0.5, 0.6) is 0 Å². The summed E-state index contributed by atoms with van der Waals surface area (Å²) in [5.74, 6) is 0. The lowest BCUT2D eigenvalue weighted by Gasteiger charge is -2.43. The summed E-state index contributed by atoms with van der Waals surface area (Å²) >= 11 is 0. The zero-order valence-corrected chi connectivity index (χ0v) is 10.7. The Morgan fingerprint density at radius 1 is 1.18 bits per heavy atom. The summed E-state index contributed by atoms with van der Waals surface area (Å²) in [5.41, 5.74) is 1.80. The van der Waals surface area contributed by atoms with Gasteiger partial charge in [-0.2, -0.15) is 0 Å². The molecule has 0 atom stereocenters. The van der Waals surface area contributed by atoms with Gasteiger partial charge in [0.05, 0.1) is 6.61 Å². The monoisotopic (exact) mass is 233 g/mol. The minimum Gasteiger partial charge on any atom is -0.377 e. The van der Waals surface area contributed by atoms with Crippen LogP contribution in [-0.2, 0) is 11.3 Å². The van der Waals surface area contributed by atoms with Gasteiger partial charge in [-0.15, -0.1) is 0 Å². The molecule has 2 nitrogen and oxygen atoms in total. The molecule has 0 radical (unpaired) electrons. The standard InChI is InChI=1S/C15H23NO/c1-2-8-15(12-16-13-15)9-10-17-11-14-6-4-3-5-7-14/h3-7,16H,2,8-13H2,1H3. The van der Waals surface area contributed by atoms with Crippen LogP contribution in [0.2, 0.25) is 0 Å². The van der Waals surface area contributed by atoms with Crippen molar-refractivity contribution in [1.82, 2.24) is 5.32 Å². The molecule has 1 fully saturated rings. The topological polar surface area (TPSA) is 21.3 Å². The Bertz CT molecular complexity index is 319. The smallest absolute Gasteiger partial charge is 0.0716 e. The molecule has 94 valence electrons. The maximum absolute atomic E-state index is 5.77. The maximum atomic E-state index is 5.77. The van der Waals surface area contributed by atoms with Crippen molar-refractivity contribution in [1.29, 1.82) is 0 Å². The third kappa shape index (κ3) is 3.55. The summed E-state index contributed by atoms with van der Waals surface area (Å²) in [4.78, 5) is 0. The quantitative estimate of drug-likeness (QED) is 0.731. The lowest BCUT2D eigenvalue weighted by Crippen LogP contribution is -2.53. The molecule has 0 aromatic heterocycles. The van der Waals surface area contributed by atoms with Crippen LogP contribution in [-0.4, -0.2) is 19.7 Å². The summed E-state index contributed by atoms with van der Waals surface area (Å²) in [5, 5.41) is 3.39. The van der Waals surface area contributed by atoms with E-state index in [-0.39, 0.29) is 0 Å². The van der Waals surface area contributed by atoms with Crippen molar-refractivity contribution in [2.24, 2.45) is 5.41 Å².